The number of rotatable bonds is 2. The maximum Gasteiger partial charge on any atom is 0.128 e. The number of pyridine rings is 1. The van der Waals surface area contributed by atoms with Gasteiger partial charge in [-0.25, -0.2) is 4.98 Å². The number of hydrogen-bond donors (Lipinski definition) is 2. The van der Waals surface area contributed by atoms with Crippen molar-refractivity contribution >= 4 is 5.82 Å². The Morgan fingerprint density at radius 2 is 2.31 bits per heavy atom. The van der Waals surface area contributed by atoms with Crippen LogP contribution in [-0.2, 0) is 6.61 Å². The van der Waals surface area contributed by atoms with E-state index in [2.05, 4.69) is 9.88 Å². The SMILES string of the molecule is CC1CN(c2cccc(CO)n2)CCC1O. The lowest BCUT2D eigenvalue weighted by atomic mass is 9.97. The van der Waals surface area contributed by atoms with Gasteiger partial charge in [0, 0.05) is 13.1 Å². The lowest BCUT2D eigenvalue weighted by molar-refractivity contribution is 0.0968. The van der Waals surface area contributed by atoms with Crippen molar-refractivity contribution in [3.05, 3.63) is 23.9 Å². The van der Waals surface area contributed by atoms with Gasteiger partial charge < -0.3 is 15.1 Å². The number of hydrogen-bond acceptors (Lipinski definition) is 4. The van der Waals surface area contributed by atoms with E-state index < -0.39 is 0 Å². The predicted octanol–water partition coefficient (Wildman–Crippen LogP) is 0.781. The molecule has 0 radical (unpaired) electrons. The van der Waals surface area contributed by atoms with Crippen molar-refractivity contribution in [2.45, 2.75) is 26.1 Å². The second-order valence-electron chi connectivity index (χ2n) is 4.42. The van der Waals surface area contributed by atoms with Gasteiger partial charge in [0.15, 0.2) is 0 Å². The molecule has 0 saturated carbocycles. The van der Waals surface area contributed by atoms with Crippen LogP contribution >= 0.6 is 0 Å². The van der Waals surface area contributed by atoms with Gasteiger partial charge in [-0.3, -0.25) is 0 Å². The Labute approximate surface area is 95.5 Å². The predicted molar refractivity (Wildman–Crippen MR) is 62.2 cm³/mol. The molecule has 16 heavy (non-hydrogen) atoms. The zero-order valence-corrected chi connectivity index (χ0v) is 9.50. The molecule has 2 N–H and O–H groups in total. The molecule has 2 rings (SSSR count). The second-order valence-corrected chi connectivity index (χ2v) is 4.42. The smallest absolute Gasteiger partial charge is 0.128 e. The Kier molecular flexibility index (Phi) is 3.41. The van der Waals surface area contributed by atoms with Crippen LogP contribution in [0.1, 0.15) is 19.0 Å². The van der Waals surface area contributed by atoms with Crippen molar-refractivity contribution in [3.8, 4) is 0 Å². The Balaban J connectivity index is 2.12. The van der Waals surface area contributed by atoms with Gasteiger partial charge in [-0.05, 0) is 24.5 Å². The third kappa shape index (κ3) is 2.33. The highest BCUT2D eigenvalue weighted by molar-refractivity contribution is 5.39. The average Bonchev–Trinajstić information content (AvgIpc) is 2.33. The zero-order valence-electron chi connectivity index (χ0n) is 9.50. The maximum absolute atomic E-state index is 9.66. The van der Waals surface area contributed by atoms with Gasteiger partial charge in [-0.2, -0.15) is 0 Å². The summed E-state index contributed by atoms with van der Waals surface area (Å²) < 4.78 is 0. The molecule has 0 amide bonds. The molecule has 0 bridgehead atoms. The van der Waals surface area contributed by atoms with E-state index in [0.717, 1.165) is 25.3 Å². The van der Waals surface area contributed by atoms with Crippen LogP contribution < -0.4 is 4.90 Å². The lowest BCUT2D eigenvalue weighted by Gasteiger charge is -2.35. The van der Waals surface area contributed by atoms with Crippen molar-refractivity contribution in [3.63, 3.8) is 0 Å². The Morgan fingerprint density at radius 1 is 1.50 bits per heavy atom. The van der Waals surface area contributed by atoms with E-state index in [0.29, 0.717) is 5.69 Å². The monoisotopic (exact) mass is 222 g/mol. The summed E-state index contributed by atoms with van der Waals surface area (Å²) in [5.41, 5.74) is 0.691. The number of aromatic nitrogens is 1. The summed E-state index contributed by atoms with van der Waals surface area (Å²) in [6.45, 7) is 3.67. The van der Waals surface area contributed by atoms with Gasteiger partial charge in [0.2, 0.25) is 0 Å². The molecule has 2 unspecified atom stereocenters. The molecule has 4 nitrogen and oxygen atoms in total. The van der Waals surface area contributed by atoms with Crippen molar-refractivity contribution in [2.24, 2.45) is 5.92 Å². The number of aliphatic hydroxyl groups is 2. The minimum Gasteiger partial charge on any atom is -0.393 e. The van der Waals surface area contributed by atoms with Crippen LogP contribution in [0.25, 0.3) is 0 Å². The quantitative estimate of drug-likeness (QED) is 0.776. The molecule has 2 heterocycles. The number of aliphatic hydroxyl groups excluding tert-OH is 2. The summed E-state index contributed by atoms with van der Waals surface area (Å²) in [6.07, 6.45) is 0.587. The molecular weight excluding hydrogens is 204 g/mol. The van der Waals surface area contributed by atoms with Crippen LogP contribution in [0, 0.1) is 5.92 Å². The molecule has 0 aromatic carbocycles. The van der Waals surface area contributed by atoms with Gasteiger partial charge in [0.1, 0.15) is 5.82 Å². The Morgan fingerprint density at radius 3 is 3.00 bits per heavy atom. The highest BCUT2D eigenvalue weighted by atomic mass is 16.3. The number of anilines is 1. The van der Waals surface area contributed by atoms with Crippen molar-refractivity contribution in [1.82, 2.24) is 4.98 Å². The highest BCUT2D eigenvalue weighted by Gasteiger charge is 2.24. The van der Waals surface area contributed by atoms with E-state index in [1.165, 1.54) is 0 Å². The van der Waals surface area contributed by atoms with E-state index in [9.17, 15) is 5.11 Å². The normalized spacial score (nSPS) is 25.8. The first kappa shape index (κ1) is 11.4. The summed E-state index contributed by atoms with van der Waals surface area (Å²) in [4.78, 5) is 6.53. The van der Waals surface area contributed by atoms with E-state index in [1.807, 2.05) is 25.1 Å². The summed E-state index contributed by atoms with van der Waals surface area (Å²) in [7, 11) is 0. The number of nitrogens with zero attached hydrogens (tertiary/aromatic N) is 2. The fraction of sp³-hybridized carbons (Fsp3) is 0.583. The largest absolute Gasteiger partial charge is 0.393 e. The van der Waals surface area contributed by atoms with E-state index in [1.54, 1.807) is 0 Å². The van der Waals surface area contributed by atoms with Crippen LogP contribution in [-0.4, -0.2) is 34.4 Å². The molecule has 88 valence electrons. The van der Waals surface area contributed by atoms with Crippen LogP contribution in [0.2, 0.25) is 0 Å². The molecule has 0 spiro atoms. The molecule has 4 heteroatoms. The Hall–Kier alpha value is -1.13. The van der Waals surface area contributed by atoms with Crippen molar-refractivity contribution in [2.75, 3.05) is 18.0 Å². The molecule has 1 aliphatic heterocycles. The van der Waals surface area contributed by atoms with Gasteiger partial charge >= 0.3 is 0 Å². The molecule has 1 aromatic rings. The highest BCUT2D eigenvalue weighted by Crippen LogP contribution is 2.21. The third-order valence-corrected chi connectivity index (χ3v) is 3.14. The molecular formula is C12H18N2O2. The van der Waals surface area contributed by atoms with E-state index >= 15 is 0 Å². The molecule has 2 atom stereocenters. The fourth-order valence-corrected chi connectivity index (χ4v) is 2.07. The minimum absolute atomic E-state index is 0.0279. The minimum atomic E-state index is -0.197. The topological polar surface area (TPSA) is 56.6 Å². The summed E-state index contributed by atoms with van der Waals surface area (Å²) >= 11 is 0. The van der Waals surface area contributed by atoms with Crippen LogP contribution in [0.4, 0.5) is 5.82 Å². The second kappa shape index (κ2) is 4.80. The molecule has 1 fully saturated rings. The van der Waals surface area contributed by atoms with E-state index in [-0.39, 0.29) is 18.6 Å². The molecule has 1 saturated heterocycles. The van der Waals surface area contributed by atoms with Crippen LogP contribution in [0.3, 0.4) is 0 Å². The summed E-state index contributed by atoms with van der Waals surface area (Å²) in [5, 5.41) is 18.7. The lowest BCUT2D eigenvalue weighted by Crippen LogP contribution is -2.42. The molecule has 1 aromatic heterocycles. The average molecular weight is 222 g/mol. The third-order valence-electron chi connectivity index (χ3n) is 3.14. The van der Waals surface area contributed by atoms with Gasteiger partial charge in [-0.1, -0.05) is 13.0 Å². The van der Waals surface area contributed by atoms with Gasteiger partial charge in [0.25, 0.3) is 0 Å². The Bertz CT molecular complexity index is 357. The maximum atomic E-state index is 9.66. The summed E-state index contributed by atoms with van der Waals surface area (Å²) in [5.74, 6) is 1.17. The van der Waals surface area contributed by atoms with Gasteiger partial charge in [-0.15, -0.1) is 0 Å². The van der Waals surface area contributed by atoms with Crippen molar-refractivity contribution < 1.29 is 10.2 Å². The first-order chi connectivity index (χ1) is 7.70. The standard InChI is InChI=1S/C12H18N2O2/c1-9-7-14(6-5-11(9)16)12-4-2-3-10(8-15)13-12/h2-4,9,11,15-16H,5-8H2,1H3. The molecule has 0 aliphatic carbocycles. The number of piperidine rings is 1. The fourth-order valence-electron chi connectivity index (χ4n) is 2.07. The molecule has 1 aliphatic rings. The van der Waals surface area contributed by atoms with Crippen LogP contribution in [0.5, 0.6) is 0 Å². The van der Waals surface area contributed by atoms with Crippen molar-refractivity contribution in [1.29, 1.82) is 0 Å². The van der Waals surface area contributed by atoms with E-state index in [4.69, 9.17) is 5.11 Å². The first-order valence-electron chi connectivity index (χ1n) is 5.70. The van der Waals surface area contributed by atoms with Crippen LogP contribution in [0.15, 0.2) is 18.2 Å². The first-order valence-corrected chi connectivity index (χ1v) is 5.70. The summed E-state index contributed by atoms with van der Waals surface area (Å²) in [6, 6.07) is 5.67. The van der Waals surface area contributed by atoms with Gasteiger partial charge in [0.05, 0.1) is 18.4 Å². The zero-order chi connectivity index (χ0) is 11.5.